The third-order valence-corrected chi connectivity index (χ3v) is 5.63. The monoisotopic (exact) mass is 354 g/mol. The van der Waals surface area contributed by atoms with Gasteiger partial charge in [0.2, 0.25) is 5.91 Å². The first-order valence-electron chi connectivity index (χ1n) is 9.00. The molecule has 0 aromatic heterocycles. The van der Waals surface area contributed by atoms with Crippen LogP contribution in [-0.4, -0.2) is 23.4 Å². The number of hydrogen-bond donors (Lipinski definition) is 0. The fourth-order valence-electron chi connectivity index (χ4n) is 4.04. The molecule has 130 valence electrons. The highest BCUT2D eigenvalue weighted by Gasteiger charge is 2.49. The SMILES string of the molecule is CC(C)c1ccc(C2N(c3ccc(Cl)cc3)C(=O)C3CCCN32)cc1. The second-order valence-corrected chi connectivity index (χ2v) is 7.71. The minimum atomic E-state index is -0.0256. The van der Waals surface area contributed by atoms with Gasteiger partial charge in [0, 0.05) is 17.3 Å². The second-order valence-electron chi connectivity index (χ2n) is 7.28. The van der Waals surface area contributed by atoms with E-state index in [-0.39, 0.29) is 18.1 Å². The summed E-state index contributed by atoms with van der Waals surface area (Å²) in [4.78, 5) is 17.4. The van der Waals surface area contributed by atoms with E-state index in [2.05, 4.69) is 43.0 Å². The molecule has 0 aliphatic carbocycles. The van der Waals surface area contributed by atoms with E-state index in [0.29, 0.717) is 10.9 Å². The van der Waals surface area contributed by atoms with E-state index in [4.69, 9.17) is 11.6 Å². The fraction of sp³-hybridized carbons (Fsp3) is 0.381. The van der Waals surface area contributed by atoms with Gasteiger partial charge in [-0.25, -0.2) is 0 Å². The maximum Gasteiger partial charge on any atom is 0.246 e. The number of fused-ring (bicyclic) bond motifs is 1. The first-order valence-corrected chi connectivity index (χ1v) is 9.38. The third kappa shape index (κ3) is 2.86. The molecular formula is C21H23ClN2O. The maximum absolute atomic E-state index is 13.1. The van der Waals surface area contributed by atoms with Crippen molar-refractivity contribution < 1.29 is 4.79 Å². The second kappa shape index (κ2) is 6.47. The summed E-state index contributed by atoms with van der Waals surface area (Å²) in [6.45, 7) is 5.37. The average molecular weight is 355 g/mol. The molecule has 2 heterocycles. The van der Waals surface area contributed by atoms with E-state index in [1.165, 1.54) is 11.1 Å². The van der Waals surface area contributed by atoms with Gasteiger partial charge in [-0.2, -0.15) is 0 Å². The van der Waals surface area contributed by atoms with Crippen molar-refractivity contribution in [2.24, 2.45) is 0 Å². The molecule has 2 atom stereocenters. The van der Waals surface area contributed by atoms with E-state index in [1.54, 1.807) is 0 Å². The molecule has 4 heteroatoms. The van der Waals surface area contributed by atoms with Crippen LogP contribution in [0.1, 0.15) is 49.9 Å². The van der Waals surface area contributed by atoms with Crippen molar-refractivity contribution in [2.45, 2.75) is 44.8 Å². The minimum absolute atomic E-state index is 0.00505. The van der Waals surface area contributed by atoms with Gasteiger partial charge in [0.15, 0.2) is 0 Å². The van der Waals surface area contributed by atoms with Crippen molar-refractivity contribution in [3.8, 4) is 0 Å². The Balaban J connectivity index is 1.75. The molecule has 2 aliphatic heterocycles. The maximum atomic E-state index is 13.1. The van der Waals surface area contributed by atoms with Crippen LogP contribution in [0.3, 0.4) is 0 Å². The lowest BCUT2D eigenvalue weighted by Gasteiger charge is -2.30. The van der Waals surface area contributed by atoms with Crippen LogP contribution < -0.4 is 4.90 Å². The van der Waals surface area contributed by atoms with Crippen LogP contribution in [-0.2, 0) is 4.79 Å². The van der Waals surface area contributed by atoms with E-state index in [0.717, 1.165) is 25.1 Å². The third-order valence-electron chi connectivity index (χ3n) is 5.38. The summed E-state index contributed by atoms with van der Waals surface area (Å²) >= 11 is 6.04. The zero-order chi connectivity index (χ0) is 17.6. The molecule has 0 saturated carbocycles. The molecule has 0 radical (unpaired) electrons. The van der Waals surface area contributed by atoms with Gasteiger partial charge in [-0.1, -0.05) is 49.7 Å². The highest BCUT2D eigenvalue weighted by molar-refractivity contribution is 6.30. The van der Waals surface area contributed by atoms with Crippen molar-refractivity contribution in [3.63, 3.8) is 0 Å². The largest absolute Gasteiger partial charge is 0.291 e. The molecule has 2 fully saturated rings. The van der Waals surface area contributed by atoms with Crippen LogP contribution in [0, 0.1) is 0 Å². The van der Waals surface area contributed by atoms with Gasteiger partial charge in [-0.3, -0.25) is 14.6 Å². The van der Waals surface area contributed by atoms with Crippen LogP contribution in [0.5, 0.6) is 0 Å². The Morgan fingerprint density at radius 1 is 1.04 bits per heavy atom. The highest BCUT2D eigenvalue weighted by Crippen LogP contribution is 2.42. The molecular weight excluding hydrogens is 332 g/mol. The van der Waals surface area contributed by atoms with Crippen molar-refractivity contribution in [3.05, 3.63) is 64.7 Å². The first kappa shape index (κ1) is 16.6. The number of amides is 1. The summed E-state index contributed by atoms with van der Waals surface area (Å²) in [6, 6.07) is 16.3. The van der Waals surface area contributed by atoms with Crippen molar-refractivity contribution >= 4 is 23.2 Å². The van der Waals surface area contributed by atoms with Gasteiger partial charge in [-0.05, 0) is 54.2 Å². The van der Waals surface area contributed by atoms with Crippen molar-refractivity contribution in [2.75, 3.05) is 11.4 Å². The quantitative estimate of drug-likeness (QED) is 0.776. The lowest BCUT2D eigenvalue weighted by Crippen LogP contribution is -2.32. The molecule has 2 saturated heterocycles. The number of carbonyl (C=O) groups excluding carboxylic acids is 1. The lowest BCUT2D eigenvalue weighted by molar-refractivity contribution is -0.119. The predicted molar refractivity (Wildman–Crippen MR) is 102 cm³/mol. The van der Waals surface area contributed by atoms with E-state index in [1.807, 2.05) is 29.2 Å². The Kier molecular flexibility index (Phi) is 4.30. The lowest BCUT2D eigenvalue weighted by atomic mass is 10.0. The van der Waals surface area contributed by atoms with Gasteiger partial charge >= 0.3 is 0 Å². The standard InChI is InChI=1S/C21H23ClN2O/c1-14(2)15-5-7-16(8-6-15)20-23-13-3-4-19(23)21(25)24(20)18-11-9-17(22)10-12-18/h5-12,14,19-20H,3-4,13H2,1-2H3. The van der Waals surface area contributed by atoms with Crippen molar-refractivity contribution in [1.82, 2.24) is 4.90 Å². The van der Waals surface area contributed by atoms with E-state index >= 15 is 0 Å². The molecule has 3 nitrogen and oxygen atoms in total. The average Bonchev–Trinajstić information content (AvgIpc) is 3.18. The number of anilines is 1. The first-order chi connectivity index (χ1) is 12.1. The Hall–Kier alpha value is -1.84. The smallest absolute Gasteiger partial charge is 0.246 e. The summed E-state index contributed by atoms with van der Waals surface area (Å²) in [5.74, 6) is 0.712. The van der Waals surface area contributed by atoms with Gasteiger partial charge in [0.05, 0.1) is 6.04 Å². The van der Waals surface area contributed by atoms with Gasteiger partial charge in [-0.15, -0.1) is 0 Å². The fourth-order valence-corrected chi connectivity index (χ4v) is 4.17. The zero-order valence-corrected chi connectivity index (χ0v) is 15.4. The van der Waals surface area contributed by atoms with Crippen LogP contribution in [0.2, 0.25) is 5.02 Å². The Morgan fingerprint density at radius 2 is 1.72 bits per heavy atom. The Morgan fingerprint density at radius 3 is 2.36 bits per heavy atom. The summed E-state index contributed by atoms with van der Waals surface area (Å²) in [7, 11) is 0. The molecule has 2 aromatic rings. The summed E-state index contributed by atoms with van der Waals surface area (Å²) in [5, 5.41) is 0.689. The van der Waals surface area contributed by atoms with Crippen LogP contribution in [0.4, 0.5) is 5.69 Å². The van der Waals surface area contributed by atoms with Gasteiger partial charge < -0.3 is 0 Å². The van der Waals surface area contributed by atoms with Crippen molar-refractivity contribution in [1.29, 1.82) is 0 Å². The molecule has 1 amide bonds. The zero-order valence-electron chi connectivity index (χ0n) is 14.7. The van der Waals surface area contributed by atoms with Crippen LogP contribution >= 0.6 is 11.6 Å². The summed E-state index contributed by atoms with van der Waals surface area (Å²) in [6.07, 6.45) is 2.01. The number of nitrogens with zero attached hydrogens (tertiary/aromatic N) is 2. The molecule has 25 heavy (non-hydrogen) atoms. The Bertz CT molecular complexity index is 769. The molecule has 0 bridgehead atoms. The number of carbonyl (C=O) groups is 1. The van der Waals surface area contributed by atoms with Gasteiger partial charge in [0.1, 0.15) is 6.17 Å². The highest BCUT2D eigenvalue weighted by atomic mass is 35.5. The summed E-state index contributed by atoms with van der Waals surface area (Å²) < 4.78 is 0. The molecule has 2 unspecified atom stereocenters. The van der Waals surface area contributed by atoms with E-state index < -0.39 is 0 Å². The molecule has 0 spiro atoms. The number of halogens is 1. The van der Waals surface area contributed by atoms with Gasteiger partial charge in [0.25, 0.3) is 0 Å². The molecule has 2 aliphatic rings. The number of hydrogen-bond acceptors (Lipinski definition) is 2. The summed E-state index contributed by atoms with van der Waals surface area (Å²) in [5.41, 5.74) is 3.42. The topological polar surface area (TPSA) is 23.6 Å². The minimum Gasteiger partial charge on any atom is -0.291 e. The Labute approximate surface area is 154 Å². The van der Waals surface area contributed by atoms with Crippen LogP contribution in [0.15, 0.2) is 48.5 Å². The molecule has 4 rings (SSSR count). The molecule has 2 aromatic carbocycles. The normalized spacial score (nSPS) is 23.5. The molecule has 0 N–H and O–H groups in total. The van der Waals surface area contributed by atoms with Crippen LogP contribution in [0.25, 0.3) is 0 Å². The number of rotatable bonds is 3. The van der Waals surface area contributed by atoms with E-state index in [9.17, 15) is 4.79 Å². The predicted octanol–water partition coefficient (Wildman–Crippen LogP) is 4.97. The number of benzene rings is 2.